The van der Waals surface area contributed by atoms with Crippen LogP contribution in [-0.4, -0.2) is 42.7 Å². The monoisotopic (exact) mass is 198 g/mol. The first-order valence-electron chi connectivity index (χ1n) is 3.15. The Kier molecular flexibility index (Phi) is 6.20. The van der Waals surface area contributed by atoms with Gasteiger partial charge in [0.2, 0.25) is 0 Å². The van der Waals surface area contributed by atoms with Gasteiger partial charge in [0.25, 0.3) is 0 Å². The van der Waals surface area contributed by atoms with Crippen molar-refractivity contribution in [1.29, 1.82) is 0 Å². The molecule has 0 aliphatic rings. The Hall–Kier alpha value is 0.407. The van der Waals surface area contributed by atoms with E-state index in [4.69, 9.17) is 17.7 Å². The van der Waals surface area contributed by atoms with E-state index in [0.717, 1.165) is 0 Å². The highest BCUT2D eigenvalue weighted by molar-refractivity contribution is 7.80. The average molecular weight is 198 g/mol. The van der Waals surface area contributed by atoms with Gasteiger partial charge in [0, 0.05) is 33.7 Å². The minimum atomic E-state index is -2.79. The topological polar surface area (TPSA) is 36.9 Å². The van der Waals surface area contributed by atoms with Gasteiger partial charge in [-0.05, 0) is 0 Å². The lowest BCUT2D eigenvalue weighted by Crippen LogP contribution is -2.46. The van der Waals surface area contributed by atoms with Crippen LogP contribution in [0.1, 0.15) is 0 Å². The third-order valence-electron chi connectivity index (χ3n) is 1.12. The van der Waals surface area contributed by atoms with Crippen molar-refractivity contribution in [3.05, 3.63) is 0 Å². The van der Waals surface area contributed by atoms with Crippen LogP contribution in [0.2, 0.25) is 0 Å². The Balaban J connectivity index is 3.84. The minimum Gasteiger partial charge on any atom is -0.355 e. The molecule has 0 bridgehead atoms. The first-order chi connectivity index (χ1) is 5.24. The van der Waals surface area contributed by atoms with E-state index in [2.05, 4.69) is 12.6 Å². The maximum absolute atomic E-state index is 5.22. The molecule has 0 aromatic heterocycles. The van der Waals surface area contributed by atoms with Crippen molar-refractivity contribution in [2.24, 2.45) is 0 Å². The fourth-order valence-corrected chi connectivity index (χ4v) is 2.07. The number of thiol groups is 1. The van der Waals surface area contributed by atoms with Gasteiger partial charge in [0.05, 0.1) is 0 Å². The van der Waals surface area contributed by atoms with Gasteiger partial charge in [-0.25, -0.2) is 0 Å². The molecule has 0 aliphatic carbocycles. The summed E-state index contributed by atoms with van der Waals surface area (Å²) in [4.78, 5) is 0. The molecule has 0 amide bonds. The summed E-state index contributed by atoms with van der Waals surface area (Å²) in [6.45, 7) is 0.463. The van der Waals surface area contributed by atoms with Crippen LogP contribution in [0.5, 0.6) is 0 Å². The predicted octanol–water partition coefficient (Wildman–Crippen LogP) is 0.308. The summed E-state index contributed by atoms with van der Waals surface area (Å²) in [5, 5.41) is 0. The van der Waals surface area contributed by atoms with Crippen LogP contribution in [0.3, 0.4) is 0 Å². The summed E-state index contributed by atoms with van der Waals surface area (Å²) in [6.07, 6.45) is 0. The molecule has 0 rings (SSSR count). The van der Waals surface area contributed by atoms with Gasteiger partial charge in [-0.15, -0.1) is 0 Å². The normalized spacial score (nSPS) is 12.0. The molecule has 0 fully saturated rings. The van der Waals surface area contributed by atoms with E-state index in [-0.39, 0.29) is 0 Å². The Bertz CT molecular complexity index is 90.2. The van der Waals surface area contributed by atoms with Gasteiger partial charge in [-0.3, -0.25) is 0 Å². The quantitative estimate of drug-likeness (QED) is 0.492. The van der Waals surface area contributed by atoms with Crippen LogP contribution in [-0.2, 0) is 17.7 Å². The summed E-state index contributed by atoms with van der Waals surface area (Å²) in [5.74, 6) is 0.616. The Morgan fingerprint density at radius 1 is 1.09 bits per heavy atom. The van der Waals surface area contributed by atoms with Crippen molar-refractivity contribution in [1.82, 2.24) is 0 Å². The van der Waals surface area contributed by atoms with Gasteiger partial charge < -0.3 is 17.7 Å². The van der Waals surface area contributed by atoms with Crippen molar-refractivity contribution < 1.29 is 17.7 Å². The molecular weight excluding hydrogens is 184 g/mol. The standard InChI is InChI=1S/C5H14O4SSi/c1-6-11(7-2,8-3)9-4-5-10/h10H,4-5H2,1-3H3. The van der Waals surface area contributed by atoms with E-state index in [9.17, 15) is 0 Å². The van der Waals surface area contributed by atoms with Crippen LogP contribution in [0.15, 0.2) is 0 Å². The zero-order chi connectivity index (χ0) is 8.74. The summed E-state index contributed by atoms with van der Waals surface area (Å²) < 4.78 is 20.2. The van der Waals surface area contributed by atoms with E-state index in [1.165, 1.54) is 21.3 Å². The third kappa shape index (κ3) is 3.54. The zero-order valence-corrected chi connectivity index (χ0v) is 8.89. The molecule has 6 heteroatoms. The maximum Gasteiger partial charge on any atom is 0.678 e. The van der Waals surface area contributed by atoms with Crippen molar-refractivity contribution >= 4 is 21.7 Å². The average Bonchev–Trinajstić information content (AvgIpc) is 2.08. The third-order valence-corrected chi connectivity index (χ3v) is 3.36. The highest BCUT2D eigenvalue weighted by atomic mass is 32.1. The molecule has 0 unspecified atom stereocenters. The Morgan fingerprint density at radius 3 is 1.82 bits per heavy atom. The van der Waals surface area contributed by atoms with Crippen LogP contribution in [0, 0.1) is 0 Å². The number of hydrogen-bond donors (Lipinski definition) is 1. The van der Waals surface area contributed by atoms with Crippen molar-refractivity contribution in [3.63, 3.8) is 0 Å². The maximum atomic E-state index is 5.22. The lowest BCUT2D eigenvalue weighted by Gasteiger charge is -2.22. The second-order valence-corrected chi connectivity index (χ2v) is 4.65. The van der Waals surface area contributed by atoms with E-state index >= 15 is 0 Å². The zero-order valence-electron chi connectivity index (χ0n) is 6.99. The van der Waals surface area contributed by atoms with E-state index in [1.807, 2.05) is 0 Å². The van der Waals surface area contributed by atoms with Gasteiger partial charge in [-0.2, -0.15) is 12.6 Å². The number of hydrogen-bond acceptors (Lipinski definition) is 5. The molecule has 0 heterocycles. The van der Waals surface area contributed by atoms with Gasteiger partial charge in [-0.1, -0.05) is 0 Å². The van der Waals surface area contributed by atoms with Crippen LogP contribution in [0.25, 0.3) is 0 Å². The molecule has 0 atom stereocenters. The first kappa shape index (κ1) is 11.4. The highest BCUT2D eigenvalue weighted by Crippen LogP contribution is 2.07. The Morgan fingerprint density at radius 2 is 1.55 bits per heavy atom. The van der Waals surface area contributed by atoms with Gasteiger partial charge in [0.1, 0.15) is 0 Å². The predicted molar refractivity (Wildman–Crippen MR) is 46.6 cm³/mol. The largest absolute Gasteiger partial charge is 0.678 e. The molecule has 68 valence electrons. The summed E-state index contributed by atoms with van der Waals surface area (Å²) in [5.41, 5.74) is 0. The molecule has 4 nitrogen and oxygen atoms in total. The molecule has 0 aromatic carbocycles. The van der Waals surface area contributed by atoms with E-state index in [1.54, 1.807) is 0 Å². The van der Waals surface area contributed by atoms with Crippen LogP contribution in [0.4, 0.5) is 0 Å². The van der Waals surface area contributed by atoms with E-state index in [0.29, 0.717) is 12.4 Å². The molecule has 0 aliphatic heterocycles. The molecule has 0 saturated heterocycles. The van der Waals surface area contributed by atoms with Crippen LogP contribution >= 0.6 is 12.6 Å². The minimum absolute atomic E-state index is 0.463. The first-order valence-corrected chi connectivity index (χ1v) is 5.41. The second kappa shape index (κ2) is 5.98. The molecule has 11 heavy (non-hydrogen) atoms. The highest BCUT2D eigenvalue weighted by Gasteiger charge is 2.41. The molecular formula is C5H14O4SSi. The van der Waals surface area contributed by atoms with Gasteiger partial charge >= 0.3 is 9.05 Å². The van der Waals surface area contributed by atoms with Crippen LogP contribution < -0.4 is 0 Å². The SMILES string of the molecule is CO[Si](OC)(OC)OCCS. The molecule has 0 N–H and O–H groups in total. The summed E-state index contributed by atoms with van der Waals surface area (Å²) in [6, 6.07) is 0. The lowest BCUT2D eigenvalue weighted by molar-refractivity contribution is 0.0101. The fraction of sp³-hybridized carbons (Fsp3) is 1.00. The molecule has 0 saturated carbocycles. The molecule has 0 spiro atoms. The Labute approximate surface area is 73.7 Å². The van der Waals surface area contributed by atoms with Gasteiger partial charge in [0.15, 0.2) is 0 Å². The van der Waals surface area contributed by atoms with Crippen molar-refractivity contribution in [3.8, 4) is 0 Å². The van der Waals surface area contributed by atoms with Crippen molar-refractivity contribution in [2.75, 3.05) is 33.7 Å². The smallest absolute Gasteiger partial charge is 0.355 e. The molecule has 0 radical (unpaired) electrons. The van der Waals surface area contributed by atoms with E-state index < -0.39 is 9.05 Å². The fourth-order valence-electron chi connectivity index (χ4n) is 0.597. The summed E-state index contributed by atoms with van der Waals surface area (Å²) >= 11 is 3.98. The summed E-state index contributed by atoms with van der Waals surface area (Å²) in [7, 11) is 1.71. The number of rotatable bonds is 6. The lowest BCUT2D eigenvalue weighted by atomic mass is 10.9. The molecule has 0 aromatic rings. The van der Waals surface area contributed by atoms with Crippen molar-refractivity contribution in [2.45, 2.75) is 0 Å². The second-order valence-electron chi connectivity index (χ2n) is 1.68.